The highest BCUT2D eigenvalue weighted by molar-refractivity contribution is 6.39. The average molecular weight is 399 g/mol. The summed E-state index contributed by atoms with van der Waals surface area (Å²) in [6.07, 6.45) is 1.80. The molecule has 2 N–H and O–H groups in total. The van der Waals surface area contributed by atoms with Gasteiger partial charge in [0.05, 0.1) is 12.7 Å². The highest BCUT2D eigenvalue weighted by atomic mass is 19.1. The number of rotatable bonds is 7. The van der Waals surface area contributed by atoms with E-state index in [1.807, 2.05) is 18.2 Å². The molecule has 1 aliphatic heterocycles. The van der Waals surface area contributed by atoms with Crippen molar-refractivity contribution in [1.82, 2.24) is 10.2 Å². The van der Waals surface area contributed by atoms with Crippen molar-refractivity contribution >= 4 is 17.5 Å². The third-order valence-corrected chi connectivity index (χ3v) is 4.82. The van der Waals surface area contributed by atoms with Crippen LogP contribution in [0.25, 0.3) is 0 Å². The van der Waals surface area contributed by atoms with Gasteiger partial charge in [-0.1, -0.05) is 30.3 Å². The zero-order chi connectivity index (χ0) is 20.5. The van der Waals surface area contributed by atoms with E-state index in [1.54, 1.807) is 0 Å². The molecule has 0 spiro atoms. The molecule has 1 heterocycles. The van der Waals surface area contributed by atoms with Gasteiger partial charge in [0.15, 0.2) is 0 Å². The number of anilines is 1. The molecular formula is C22H26FN3O3. The minimum absolute atomic E-state index is 0.0970. The van der Waals surface area contributed by atoms with Gasteiger partial charge in [-0.05, 0) is 49.2 Å². The monoisotopic (exact) mass is 399 g/mol. The standard InChI is InChI=1S/C22H26FN3O3/c23-18-8-10-19(11-9-18)25-22(28)21(27)24-12-4-5-13-26-14-15-29-20(16-26)17-6-2-1-3-7-17/h1-3,6-11,20H,4-5,12-16H2,(H,24,27)(H,25,28)/t20-/m0/s1. The maximum atomic E-state index is 12.9. The quantitative estimate of drug-likeness (QED) is 0.555. The second-order valence-electron chi connectivity index (χ2n) is 6.99. The van der Waals surface area contributed by atoms with Crippen LogP contribution in [0.2, 0.25) is 0 Å². The van der Waals surface area contributed by atoms with E-state index >= 15 is 0 Å². The van der Waals surface area contributed by atoms with Crippen LogP contribution in [0.1, 0.15) is 24.5 Å². The molecular weight excluding hydrogens is 373 g/mol. The summed E-state index contributed by atoms with van der Waals surface area (Å²) in [5.41, 5.74) is 1.57. The van der Waals surface area contributed by atoms with Gasteiger partial charge < -0.3 is 15.4 Å². The number of amides is 2. The number of nitrogens with one attached hydrogen (secondary N) is 2. The van der Waals surface area contributed by atoms with Crippen LogP contribution in [0.4, 0.5) is 10.1 Å². The fraction of sp³-hybridized carbons (Fsp3) is 0.364. The lowest BCUT2D eigenvalue weighted by Gasteiger charge is -2.33. The van der Waals surface area contributed by atoms with Crippen LogP contribution in [0.5, 0.6) is 0 Å². The number of hydrogen-bond acceptors (Lipinski definition) is 4. The number of halogens is 1. The molecule has 1 saturated heterocycles. The molecule has 1 aliphatic rings. The number of carbonyl (C=O) groups is 2. The molecule has 1 fully saturated rings. The summed E-state index contributed by atoms with van der Waals surface area (Å²) in [4.78, 5) is 26.1. The second kappa shape index (κ2) is 10.7. The van der Waals surface area contributed by atoms with Gasteiger partial charge in [-0.2, -0.15) is 0 Å². The highest BCUT2D eigenvalue weighted by Gasteiger charge is 2.21. The third-order valence-electron chi connectivity index (χ3n) is 4.82. The van der Waals surface area contributed by atoms with E-state index in [2.05, 4.69) is 27.7 Å². The number of unbranched alkanes of at least 4 members (excludes halogenated alkanes) is 1. The van der Waals surface area contributed by atoms with Gasteiger partial charge in [-0.25, -0.2) is 4.39 Å². The highest BCUT2D eigenvalue weighted by Crippen LogP contribution is 2.21. The lowest BCUT2D eigenvalue weighted by molar-refractivity contribution is -0.136. The summed E-state index contributed by atoms with van der Waals surface area (Å²) in [7, 11) is 0. The Bertz CT molecular complexity index is 799. The Balaban J connectivity index is 1.31. The van der Waals surface area contributed by atoms with Crippen molar-refractivity contribution in [3.63, 3.8) is 0 Å². The Labute approximate surface area is 170 Å². The Kier molecular flexibility index (Phi) is 7.72. The predicted molar refractivity (Wildman–Crippen MR) is 109 cm³/mol. The molecule has 29 heavy (non-hydrogen) atoms. The molecule has 0 saturated carbocycles. The first kappa shape index (κ1) is 21.0. The van der Waals surface area contributed by atoms with Crippen molar-refractivity contribution < 1.29 is 18.7 Å². The molecule has 0 bridgehead atoms. The van der Waals surface area contributed by atoms with Gasteiger partial charge in [0, 0.05) is 25.3 Å². The first-order valence-corrected chi connectivity index (χ1v) is 9.85. The summed E-state index contributed by atoms with van der Waals surface area (Å²) in [6.45, 7) is 3.82. The van der Waals surface area contributed by atoms with Crippen LogP contribution in [0.3, 0.4) is 0 Å². The second-order valence-corrected chi connectivity index (χ2v) is 6.99. The van der Waals surface area contributed by atoms with E-state index in [4.69, 9.17) is 4.74 Å². The Morgan fingerprint density at radius 2 is 1.79 bits per heavy atom. The van der Waals surface area contributed by atoms with Gasteiger partial charge in [-0.3, -0.25) is 14.5 Å². The van der Waals surface area contributed by atoms with E-state index in [0.29, 0.717) is 18.8 Å². The van der Waals surface area contributed by atoms with E-state index in [9.17, 15) is 14.0 Å². The lowest BCUT2D eigenvalue weighted by atomic mass is 10.1. The summed E-state index contributed by atoms with van der Waals surface area (Å²) in [6, 6.07) is 15.5. The van der Waals surface area contributed by atoms with Crippen molar-refractivity contribution in [2.45, 2.75) is 18.9 Å². The number of nitrogens with zero attached hydrogens (tertiary/aromatic N) is 1. The fourth-order valence-electron chi connectivity index (χ4n) is 3.24. The van der Waals surface area contributed by atoms with E-state index in [-0.39, 0.29) is 6.10 Å². The first-order chi connectivity index (χ1) is 14.1. The Morgan fingerprint density at radius 1 is 1.03 bits per heavy atom. The molecule has 2 aromatic carbocycles. The van der Waals surface area contributed by atoms with Crippen LogP contribution in [0, 0.1) is 5.82 Å². The summed E-state index contributed by atoms with van der Waals surface area (Å²) in [5, 5.41) is 5.06. The van der Waals surface area contributed by atoms with Crippen molar-refractivity contribution in [3.8, 4) is 0 Å². The van der Waals surface area contributed by atoms with Gasteiger partial charge >= 0.3 is 11.8 Å². The van der Waals surface area contributed by atoms with Crippen molar-refractivity contribution in [2.75, 3.05) is 38.1 Å². The zero-order valence-electron chi connectivity index (χ0n) is 16.3. The number of morpholine rings is 1. The average Bonchev–Trinajstić information content (AvgIpc) is 2.76. The molecule has 0 unspecified atom stereocenters. The maximum Gasteiger partial charge on any atom is 0.313 e. The van der Waals surface area contributed by atoms with Crippen LogP contribution in [0.15, 0.2) is 54.6 Å². The SMILES string of the molecule is O=C(NCCCCN1CCO[C@H](c2ccccc2)C1)C(=O)Nc1ccc(F)cc1. The third kappa shape index (κ3) is 6.66. The topological polar surface area (TPSA) is 70.7 Å². The Hall–Kier alpha value is -2.77. The number of carbonyl (C=O) groups excluding carboxylic acids is 2. The summed E-state index contributed by atoms with van der Waals surface area (Å²) < 4.78 is 18.7. The minimum atomic E-state index is -0.754. The molecule has 2 aromatic rings. The number of hydrogen-bond donors (Lipinski definition) is 2. The van der Waals surface area contributed by atoms with Gasteiger partial charge in [-0.15, -0.1) is 0 Å². The summed E-state index contributed by atoms with van der Waals surface area (Å²) >= 11 is 0. The molecule has 3 rings (SSSR count). The van der Waals surface area contributed by atoms with Gasteiger partial charge in [0.25, 0.3) is 0 Å². The lowest BCUT2D eigenvalue weighted by Crippen LogP contribution is -2.39. The minimum Gasteiger partial charge on any atom is -0.371 e. The van der Waals surface area contributed by atoms with Crippen molar-refractivity contribution in [1.29, 1.82) is 0 Å². The molecule has 1 atom stereocenters. The van der Waals surface area contributed by atoms with Crippen LogP contribution in [-0.4, -0.2) is 49.5 Å². The van der Waals surface area contributed by atoms with Crippen LogP contribution in [-0.2, 0) is 14.3 Å². The molecule has 2 amide bonds. The van der Waals surface area contributed by atoms with Crippen LogP contribution >= 0.6 is 0 Å². The largest absolute Gasteiger partial charge is 0.371 e. The fourth-order valence-corrected chi connectivity index (χ4v) is 3.24. The van der Waals surface area contributed by atoms with Crippen molar-refractivity contribution in [3.05, 3.63) is 66.0 Å². The molecule has 7 heteroatoms. The Morgan fingerprint density at radius 3 is 2.55 bits per heavy atom. The van der Waals surface area contributed by atoms with Gasteiger partial charge in [0.1, 0.15) is 5.82 Å². The molecule has 154 valence electrons. The summed E-state index contributed by atoms with van der Waals surface area (Å²) in [5.74, 6) is -1.84. The van der Waals surface area contributed by atoms with Crippen LogP contribution < -0.4 is 10.6 Å². The first-order valence-electron chi connectivity index (χ1n) is 9.85. The normalized spacial score (nSPS) is 16.9. The van der Waals surface area contributed by atoms with E-state index in [0.717, 1.165) is 32.5 Å². The number of benzene rings is 2. The zero-order valence-corrected chi connectivity index (χ0v) is 16.3. The molecule has 0 aromatic heterocycles. The maximum absolute atomic E-state index is 12.9. The number of ether oxygens (including phenoxy) is 1. The van der Waals surface area contributed by atoms with Gasteiger partial charge in [0.2, 0.25) is 0 Å². The smallest absolute Gasteiger partial charge is 0.313 e. The van der Waals surface area contributed by atoms with E-state index < -0.39 is 17.6 Å². The van der Waals surface area contributed by atoms with E-state index in [1.165, 1.54) is 29.8 Å². The molecule has 6 nitrogen and oxygen atoms in total. The molecule has 0 radical (unpaired) electrons. The van der Waals surface area contributed by atoms with Crippen molar-refractivity contribution in [2.24, 2.45) is 0 Å². The molecule has 0 aliphatic carbocycles. The predicted octanol–water partition coefficient (Wildman–Crippen LogP) is 2.73.